The molecule has 1 aliphatic heterocycles. The van der Waals surface area contributed by atoms with Gasteiger partial charge in [-0.2, -0.15) is 0 Å². The van der Waals surface area contributed by atoms with Crippen LogP contribution in [-0.2, 0) is 9.53 Å². The Morgan fingerprint density at radius 3 is 2.77 bits per heavy atom. The van der Waals surface area contributed by atoms with Gasteiger partial charge in [0.05, 0.1) is 10.6 Å². The van der Waals surface area contributed by atoms with Crippen molar-refractivity contribution in [2.75, 3.05) is 18.5 Å². The Kier molecular flexibility index (Phi) is 5.27. The predicted molar refractivity (Wildman–Crippen MR) is 92.3 cm³/mol. The lowest BCUT2D eigenvalue weighted by Gasteiger charge is -2.20. The Hall–Kier alpha value is -2.80. The number of hydrogen-bond donors (Lipinski definition) is 1. The van der Waals surface area contributed by atoms with E-state index in [2.05, 4.69) is 5.32 Å². The first-order valence-electron chi connectivity index (χ1n) is 7.80. The third kappa shape index (κ3) is 4.05. The molecule has 0 spiro atoms. The fraction of sp³-hybridized carbons (Fsp3) is 0.222. The summed E-state index contributed by atoms with van der Waals surface area (Å²) in [5.41, 5.74) is 0.393. The maximum atomic E-state index is 13.2. The van der Waals surface area contributed by atoms with Crippen molar-refractivity contribution in [3.8, 4) is 11.5 Å². The zero-order valence-electron chi connectivity index (χ0n) is 13.8. The van der Waals surface area contributed by atoms with Gasteiger partial charge in [-0.1, -0.05) is 17.7 Å². The molecule has 0 aliphatic carbocycles. The number of esters is 1. The quantitative estimate of drug-likeness (QED) is 0.824. The summed E-state index contributed by atoms with van der Waals surface area (Å²) in [7, 11) is 0. The molecule has 1 heterocycles. The van der Waals surface area contributed by atoms with Crippen LogP contribution in [0.5, 0.6) is 11.5 Å². The number of hydrogen-bond acceptors (Lipinski definition) is 5. The Balaban J connectivity index is 1.67. The number of carbonyl (C=O) groups excluding carboxylic acids is 2. The summed E-state index contributed by atoms with van der Waals surface area (Å²) >= 11 is 6.09. The van der Waals surface area contributed by atoms with Crippen LogP contribution >= 0.6 is 11.6 Å². The van der Waals surface area contributed by atoms with Crippen LogP contribution in [0.25, 0.3) is 0 Å². The van der Waals surface area contributed by atoms with E-state index in [0.29, 0.717) is 24.7 Å². The molecule has 0 aromatic heterocycles. The monoisotopic (exact) mass is 379 g/mol. The average molecular weight is 380 g/mol. The summed E-state index contributed by atoms with van der Waals surface area (Å²) < 4.78 is 29.1. The predicted octanol–water partition coefficient (Wildman–Crippen LogP) is 3.43. The minimum Gasteiger partial charge on any atom is -0.486 e. The SMILES string of the molecule is C[C@@H](OC(=O)c1cc(Cl)c2c(c1)OCCO2)C(=O)Nc1cccc(F)c1. The molecule has 0 unspecified atom stereocenters. The number of rotatable bonds is 4. The highest BCUT2D eigenvalue weighted by Gasteiger charge is 2.23. The van der Waals surface area contributed by atoms with Crippen molar-refractivity contribution in [1.29, 1.82) is 0 Å². The molecule has 1 aliphatic rings. The van der Waals surface area contributed by atoms with Crippen molar-refractivity contribution in [3.05, 3.63) is 52.8 Å². The minimum absolute atomic E-state index is 0.129. The van der Waals surface area contributed by atoms with Gasteiger partial charge in [0.15, 0.2) is 17.6 Å². The lowest BCUT2D eigenvalue weighted by molar-refractivity contribution is -0.123. The molecule has 26 heavy (non-hydrogen) atoms. The minimum atomic E-state index is -1.10. The summed E-state index contributed by atoms with van der Waals surface area (Å²) in [6, 6.07) is 8.22. The van der Waals surface area contributed by atoms with Crippen LogP contribution < -0.4 is 14.8 Å². The smallest absolute Gasteiger partial charge is 0.339 e. The van der Waals surface area contributed by atoms with E-state index in [-0.39, 0.29) is 16.3 Å². The maximum Gasteiger partial charge on any atom is 0.339 e. The Labute approximate surface area is 153 Å². The van der Waals surface area contributed by atoms with Crippen molar-refractivity contribution in [1.82, 2.24) is 0 Å². The Bertz CT molecular complexity index is 857. The molecule has 1 amide bonds. The van der Waals surface area contributed by atoms with Gasteiger partial charge >= 0.3 is 5.97 Å². The zero-order valence-corrected chi connectivity index (χ0v) is 14.5. The van der Waals surface area contributed by atoms with E-state index in [9.17, 15) is 14.0 Å². The molecule has 0 bridgehead atoms. The highest BCUT2D eigenvalue weighted by molar-refractivity contribution is 6.32. The summed E-state index contributed by atoms with van der Waals surface area (Å²) in [6.07, 6.45) is -1.10. The van der Waals surface area contributed by atoms with Crippen LogP contribution in [0, 0.1) is 5.82 Å². The molecule has 1 N–H and O–H groups in total. The molecule has 0 radical (unpaired) electrons. The van der Waals surface area contributed by atoms with E-state index in [0.717, 1.165) is 6.07 Å². The summed E-state index contributed by atoms with van der Waals surface area (Å²) in [6.45, 7) is 2.12. The number of anilines is 1. The third-order valence-corrected chi connectivity index (χ3v) is 3.86. The molecule has 136 valence electrons. The zero-order chi connectivity index (χ0) is 18.7. The second kappa shape index (κ2) is 7.61. The molecule has 0 saturated carbocycles. The lowest BCUT2D eigenvalue weighted by atomic mass is 10.2. The number of ether oxygens (including phenoxy) is 3. The van der Waals surface area contributed by atoms with Crippen LogP contribution in [0.3, 0.4) is 0 Å². The van der Waals surface area contributed by atoms with Crippen LogP contribution in [0.15, 0.2) is 36.4 Å². The number of halogens is 2. The topological polar surface area (TPSA) is 73.9 Å². The van der Waals surface area contributed by atoms with E-state index < -0.39 is 23.8 Å². The van der Waals surface area contributed by atoms with Gasteiger partial charge in [-0.3, -0.25) is 4.79 Å². The van der Waals surface area contributed by atoms with Gasteiger partial charge in [-0.15, -0.1) is 0 Å². The van der Waals surface area contributed by atoms with Crippen LogP contribution in [-0.4, -0.2) is 31.2 Å². The number of nitrogens with one attached hydrogen (secondary N) is 1. The van der Waals surface area contributed by atoms with Crippen LogP contribution in [0.4, 0.5) is 10.1 Å². The number of carbonyl (C=O) groups is 2. The fourth-order valence-corrected chi connectivity index (χ4v) is 2.59. The molecule has 0 saturated heterocycles. The molecule has 2 aromatic rings. The van der Waals surface area contributed by atoms with E-state index >= 15 is 0 Å². The van der Waals surface area contributed by atoms with E-state index in [1.54, 1.807) is 0 Å². The average Bonchev–Trinajstić information content (AvgIpc) is 2.61. The lowest BCUT2D eigenvalue weighted by Crippen LogP contribution is -2.30. The van der Waals surface area contributed by atoms with Crippen molar-refractivity contribution >= 4 is 29.2 Å². The van der Waals surface area contributed by atoms with Crippen LogP contribution in [0.2, 0.25) is 5.02 Å². The highest BCUT2D eigenvalue weighted by Crippen LogP contribution is 2.38. The molecular weight excluding hydrogens is 365 g/mol. The normalized spacial score (nSPS) is 13.7. The van der Waals surface area contributed by atoms with Crippen molar-refractivity contribution in [3.63, 3.8) is 0 Å². The molecular formula is C18H15ClFNO5. The first-order valence-corrected chi connectivity index (χ1v) is 8.18. The first kappa shape index (κ1) is 18.0. The van der Waals surface area contributed by atoms with Gasteiger partial charge in [0, 0.05) is 5.69 Å². The van der Waals surface area contributed by atoms with Gasteiger partial charge in [-0.05, 0) is 37.3 Å². The Morgan fingerprint density at radius 1 is 1.23 bits per heavy atom. The standard InChI is InChI=1S/C18H15ClFNO5/c1-10(17(22)21-13-4-2-3-12(20)9-13)26-18(23)11-7-14(19)16-15(8-11)24-5-6-25-16/h2-4,7-10H,5-6H2,1H3,(H,21,22)/t10-/m1/s1. The second-order valence-corrected chi connectivity index (χ2v) is 5.94. The maximum absolute atomic E-state index is 13.2. The van der Waals surface area contributed by atoms with Gasteiger partial charge in [-0.25, -0.2) is 9.18 Å². The van der Waals surface area contributed by atoms with Crippen molar-refractivity contribution in [2.45, 2.75) is 13.0 Å². The number of amides is 1. The van der Waals surface area contributed by atoms with Gasteiger partial charge in [0.25, 0.3) is 5.91 Å². The highest BCUT2D eigenvalue weighted by atomic mass is 35.5. The summed E-state index contributed by atoms with van der Waals surface area (Å²) in [5.74, 6) is -1.12. The van der Waals surface area contributed by atoms with Gasteiger partial charge in [0.1, 0.15) is 19.0 Å². The van der Waals surface area contributed by atoms with Gasteiger partial charge in [0.2, 0.25) is 0 Å². The van der Waals surface area contributed by atoms with Crippen molar-refractivity contribution < 1.29 is 28.2 Å². The number of fused-ring (bicyclic) bond motifs is 1. The molecule has 3 rings (SSSR count). The third-order valence-electron chi connectivity index (χ3n) is 3.58. The number of benzene rings is 2. The largest absolute Gasteiger partial charge is 0.486 e. The fourth-order valence-electron chi connectivity index (χ4n) is 2.32. The van der Waals surface area contributed by atoms with E-state index in [1.807, 2.05) is 0 Å². The first-order chi connectivity index (χ1) is 12.4. The molecule has 0 fully saturated rings. The van der Waals surface area contributed by atoms with Gasteiger partial charge < -0.3 is 19.5 Å². The molecule has 6 nitrogen and oxygen atoms in total. The van der Waals surface area contributed by atoms with Crippen molar-refractivity contribution in [2.24, 2.45) is 0 Å². The summed E-state index contributed by atoms with van der Waals surface area (Å²) in [5, 5.41) is 2.69. The second-order valence-electron chi connectivity index (χ2n) is 5.53. The summed E-state index contributed by atoms with van der Waals surface area (Å²) in [4.78, 5) is 24.4. The van der Waals surface area contributed by atoms with E-state index in [4.69, 9.17) is 25.8 Å². The molecule has 2 aromatic carbocycles. The Morgan fingerprint density at radius 2 is 2.00 bits per heavy atom. The molecule has 8 heteroatoms. The van der Waals surface area contributed by atoms with Crippen LogP contribution in [0.1, 0.15) is 17.3 Å². The van der Waals surface area contributed by atoms with E-state index in [1.165, 1.54) is 37.3 Å². The molecule has 1 atom stereocenters.